The molecule has 0 aliphatic carbocycles. The summed E-state index contributed by atoms with van der Waals surface area (Å²) in [7, 11) is 0. The molecule has 0 spiro atoms. The Labute approximate surface area is 212 Å². The number of aliphatic carboxylic acids is 1. The lowest BCUT2D eigenvalue weighted by molar-refractivity contribution is -0.142. The molecular weight excluding hydrogens is 466 g/mol. The average molecular weight is 508 g/mol. The van der Waals surface area contributed by atoms with Gasteiger partial charge in [0.1, 0.15) is 6.61 Å². The van der Waals surface area contributed by atoms with Gasteiger partial charge in [0.05, 0.1) is 6.04 Å². The predicted octanol–water partition coefficient (Wildman–Crippen LogP) is 1.96. The Bertz CT molecular complexity index is 831. The van der Waals surface area contributed by atoms with E-state index < -0.39 is 18.0 Å². The van der Waals surface area contributed by atoms with Gasteiger partial charge in [0.15, 0.2) is 0 Å². The first-order valence-electron chi connectivity index (χ1n) is 12.3. The molecule has 0 aliphatic rings. The lowest BCUT2D eigenvalue weighted by Crippen LogP contribution is -2.49. The molecule has 0 heterocycles. The number of unbranched alkanes of at least 4 members (excludes halogenated alkanes) is 1. The van der Waals surface area contributed by atoms with Crippen molar-refractivity contribution < 1.29 is 29.0 Å². The summed E-state index contributed by atoms with van der Waals surface area (Å²) in [6.07, 6.45) is 2.56. The van der Waals surface area contributed by atoms with Crippen molar-refractivity contribution >= 4 is 29.6 Å². The van der Waals surface area contributed by atoms with Gasteiger partial charge in [0, 0.05) is 38.2 Å². The van der Waals surface area contributed by atoms with Crippen LogP contribution in [0.3, 0.4) is 0 Å². The average Bonchev–Trinajstić information content (AvgIpc) is 2.80. The van der Waals surface area contributed by atoms with Gasteiger partial charge in [-0.3, -0.25) is 14.4 Å². The second kappa shape index (κ2) is 17.3. The third-order valence-corrected chi connectivity index (χ3v) is 5.56. The van der Waals surface area contributed by atoms with E-state index >= 15 is 0 Å². The van der Waals surface area contributed by atoms with E-state index in [-0.39, 0.29) is 30.9 Å². The van der Waals surface area contributed by atoms with Crippen molar-refractivity contribution in [2.45, 2.75) is 71.6 Å². The number of carbonyl (C=O) groups excluding carboxylic acids is 3. The highest BCUT2D eigenvalue weighted by atomic mass is 16.5. The van der Waals surface area contributed by atoms with Crippen LogP contribution in [0.5, 0.6) is 0 Å². The molecule has 0 aromatic heterocycles. The molecular formula is C25H41N5O6. The molecule has 0 unspecified atom stereocenters. The molecule has 0 saturated carbocycles. The second-order valence-corrected chi connectivity index (χ2v) is 9.02. The maximum absolute atomic E-state index is 13.1. The zero-order valence-corrected chi connectivity index (χ0v) is 21.5. The number of anilines is 1. The number of hydrogen-bond donors (Lipinski definition) is 6. The van der Waals surface area contributed by atoms with Gasteiger partial charge in [0.2, 0.25) is 5.91 Å². The summed E-state index contributed by atoms with van der Waals surface area (Å²) in [6, 6.07) is 6.03. The normalized spacial score (nSPS) is 12.6. The van der Waals surface area contributed by atoms with E-state index in [4.69, 9.17) is 15.6 Å². The highest BCUT2D eigenvalue weighted by molar-refractivity contribution is 5.94. The fourth-order valence-electron chi connectivity index (χ4n) is 3.44. The minimum Gasteiger partial charge on any atom is -0.481 e. The predicted molar refractivity (Wildman–Crippen MR) is 137 cm³/mol. The van der Waals surface area contributed by atoms with Gasteiger partial charge >= 0.3 is 18.0 Å². The van der Waals surface area contributed by atoms with Crippen LogP contribution >= 0.6 is 0 Å². The topological polar surface area (TPSA) is 172 Å². The molecule has 1 aromatic carbocycles. The first-order valence-corrected chi connectivity index (χ1v) is 12.3. The van der Waals surface area contributed by atoms with Crippen molar-refractivity contribution in [2.24, 2.45) is 11.7 Å². The summed E-state index contributed by atoms with van der Waals surface area (Å²) in [5.74, 6) is -1.06. The van der Waals surface area contributed by atoms with Crippen LogP contribution in [0.15, 0.2) is 24.3 Å². The highest BCUT2D eigenvalue weighted by Gasteiger charge is 2.21. The fourth-order valence-corrected chi connectivity index (χ4v) is 3.44. The van der Waals surface area contributed by atoms with Crippen LogP contribution < -0.4 is 27.0 Å². The van der Waals surface area contributed by atoms with E-state index in [2.05, 4.69) is 35.1 Å². The summed E-state index contributed by atoms with van der Waals surface area (Å²) < 4.78 is 4.98. The number of esters is 1. The second-order valence-electron chi connectivity index (χ2n) is 9.02. The molecule has 1 aromatic rings. The first-order chi connectivity index (χ1) is 17.1. The maximum atomic E-state index is 13.1. The molecule has 0 radical (unpaired) electrons. The van der Waals surface area contributed by atoms with E-state index in [9.17, 15) is 19.2 Å². The van der Waals surface area contributed by atoms with Gasteiger partial charge in [-0.05, 0) is 55.8 Å². The molecule has 0 aliphatic heterocycles. The lowest BCUT2D eigenvalue weighted by Gasteiger charge is -2.26. The largest absolute Gasteiger partial charge is 0.481 e. The van der Waals surface area contributed by atoms with E-state index in [0.717, 1.165) is 12.0 Å². The van der Waals surface area contributed by atoms with Gasteiger partial charge in [-0.1, -0.05) is 26.0 Å². The molecule has 36 heavy (non-hydrogen) atoms. The minimum absolute atomic E-state index is 0.0921. The van der Waals surface area contributed by atoms with Crippen LogP contribution in [-0.4, -0.2) is 60.7 Å². The molecule has 7 N–H and O–H groups in total. The van der Waals surface area contributed by atoms with Crippen molar-refractivity contribution in [1.82, 2.24) is 16.0 Å². The Morgan fingerprint density at radius 2 is 1.69 bits per heavy atom. The number of hydrogen-bond acceptors (Lipinski definition) is 7. The third kappa shape index (κ3) is 14.3. The quantitative estimate of drug-likeness (QED) is 0.129. The number of ether oxygens (including phenoxy) is 1. The number of carbonyl (C=O) groups is 4. The molecule has 202 valence electrons. The summed E-state index contributed by atoms with van der Waals surface area (Å²) in [4.78, 5) is 45.7. The van der Waals surface area contributed by atoms with Gasteiger partial charge in [-0.15, -0.1) is 0 Å². The molecule has 0 saturated heterocycles. The van der Waals surface area contributed by atoms with E-state index in [0.29, 0.717) is 50.5 Å². The number of rotatable bonds is 18. The Morgan fingerprint density at radius 3 is 2.28 bits per heavy atom. The van der Waals surface area contributed by atoms with Crippen LogP contribution in [0.1, 0.15) is 58.4 Å². The maximum Gasteiger partial charge on any atom is 0.312 e. The SMILES string of the molecule is CC(=O)OCc1ccc(NC(=O)[C@H](CCCNC(N)=O)NC[C@@H](NCCCCC(=O)O)C(C)C)cc1. The Morgan fingerprint density at radius 1 is 1.00 bits per heavy atom. The first kappa shape index (κ1) is 30.9. The molecule has 2 atom stereocenters. The lowest BCUT2D eigenvalue weighted by atomic mass is 10.0. The number of nitrogens with two attached hydrogens (primary N) is 1. The number of benzene rings is 1. The summed E-state index contributed by atoms with van der Waals surface area (Å²) in [5.41, 5.74) is 6.55. The van der Waals surface area contributed by atoms with Crippen LogP contribution in [-0.2, 0) is 25.7 Å². The zero-order valence-electron chi connectivity index (χ0n) is 21.5. The van der Waals surface area contributed by atoms with Crippen molar-refractivity contribution in [1.29, 1.82) is 0 Å². The van der Waals surface area contributed by atoms with Crippen LogP contribution in [0.25, 0.3) is 0 Å². The van der Waals surface area contributed by atoms with Gasteiger partial charge in [-0.2, -0.15) is 0 Å². The Balaban J connectivity index is 2.70. The van der Waals surface area contributed by atoms with Gasteiger partial charge in [-0.25, -0.2) is 4.79 Å². The number of nitrogens with one attached hydrogen (secondary N) is 4. The Hall–Kier alpha value is -3.18. The van der Waals surface area contributed by atoms with E-state index in [1.807, 2.05) is 0 Å². The van der Waals surface area contributed by atoms with Gasteiger partial charge < -0.3 is 36.8 Å². The number of amides is 3. The molecule has 11 heteroatoms. The molecule has 1 rings (SSSR count). The van der Waals surface area contributed by atoms with E-state index in [1.54, 1.807) is 24.3 Å². The minimum atomic E-state index is -0.796. The summed E-state index contributed by atoms with van der Waals surface area (Å²) in [6.45, 7) is 7.27. The van der Waals surface area contributed by atoms with Crippen LogP contribution in [0.4, 0.5) is 10.5 Å². The number of primary amides is 1. The smallest absolute Gasteiger partial charge is 0.312 e. The number of urea groups is 1. The fraction of sp³-hybridized carbons (Fsp3) is 0.600. The third-order valence-electron chi connectivity index (χ3n) is 5.56. The molecule has 11 nitrogen and oxygen atoms in total. The highest BCUT2D eigenvalue weighted by Crippen LogP contribution is 2.12. The summed E-state index contributed by atoms with van der Waals surface area (Å²) in [5, 5.41) is 21.0. The molecule has 3 amide bonds. The standard InChI is InChI=1S/C25H41N5O6/c1-17(2)22(27-13-5-4-8-23(32)33)15-29-21(7-6-14-28-25(26)35)24(34)30-20-11-9-19(10-12-20)16-36-18(3)31/h9-12,17,21-22,27,29H,4-8,13-16H2,1-3H3,(H,30,34)(H,32,33)(H3,26,28,35)/t21-,22+/m0/s1. The van der Waals surface area contributed by atoms with Crippen molar-refractivity contribution in [3.05, 3.63) is 29.8 Å². The van der Waals surface area contributed by atoms with Crippen LogP contribution in [0, 0.1) is 5.92 Å². The molecule has 0 fully saturated rings. The van der Waals surface area contributed by atoms with Crippen molar-refractivity contribution in [3.8, 4) is 0 Å². The van der Waals surface area contributed by atoms with Crippen molar-refractivity contribution in [3.63, 3.8) is 0 Å². The Kier molecular flexibility index (Phi) is 14.8. The van der Waals surface area contributed by atoms with Crippen LogP contribution in [0.2, 0.25) is 0 Å². The summed E-state index contributed by atoms with van der Waals surface area (Å²) >= 11 is 0. The number of carboxylic acids is 1. The van der Waals surface area contributed by atoms with Gasteiger partial charge in [0.25, 0.3) is 0 Å². The monoisotopic (exact) mass is 507 g/mol. The number of carboxylic acid groups (broad SMARTS) is 1. The zero-order chi connectivity index (χ0) is 26.9. The molecule has 0 bridgehead atoms. The van der Waals surface area contributed by atoms with Crippen molar-refractivity contribution in [2.75, 3.05) is 25.0 Å². The van der Waals surface area contributed by atoms with E-state index in [1.165, 1.54) is 6.92 Å².